The molecule has 0 bridgehead atoms. The Morgan fingerprint density at radius 1 is 0.850 bits per heavy atom. The lowest BCUT2D eigenvalue weighted by molar-refractivity contribution is 0.289. The second-order valence-electron chi connectivity index (χ2n) is 4.08. The van der Waals surface area contributed by atoms with E-state index in [1.54, 1.807) is 38.5 Å². The standard InChI is InChI=1S/C16H16O4/c1-18-15-10-6-7-12(16(15)19-2)11-20-14-9-5-3-4-8-13(14)17/h3-10H,11H2,1-2H3. The van der Waals surface area contributed by atoms with Crippen molar-refractivity contribution in [3.05, 3.63) is 64.3 Å². The Hall–Kier alpha value is -2.49. The van der Waals surface area contributed by atoms with Crippen LogP contribution in [0.15, 0.2) is 53.3 Å². The molecule has 0 heterocycles. The smallest absolute Gasteiger partial charge is 0.220 e. The molecule has 0 aromatic heterocycles. The van der Waals surface area contributed by atoms with Gasteiger partial charge < -0.3 is 14.2 Å². The zero-order chi connectivity index (χ0) is 14.4. The number of rotatable bonds is 5. The Bertz CT molecular complexity index is 637. The second-order valence-corrected chi connectivity index (χ2v) is 4.08. The van der Waals surface area contributed by atoms with Crippen molar-refractivity contribution in [3.63, 3.8) is 0 Å². The van der Waals surface area contributed by atoms with Gasteiger partial charge in [-0.3, -0.25) is 4.79 Å². The van der Waals surface area contributed by atoms with Crippen molar-refractivity contribution < 1.29 is 14.2 Å². The van der Waals surface area contributed by atoms with Crippen molar-refractivity contribution in [1.29, 1.82) is 0 Å². The highest BCUT2D eigenvalue weighted by Gasteiger charge is 2.10. The van der Waals surface area contributed by atoms with E-state index in [1.165, 1.54) is 6.07 Å². The highest BCUT2D eigenvalue weighted by atomic mass is 16.5. The van der Waals surface area contributed by atoms with Gasteiger partial charge in [0.05, 0.1) is 14.2 Å². The van der Waals surface area contributed by atoms with E-state index in [9.17, 15) is 4.79 Å². The largest absolute Gasteiger partial charge is 0.493 e. The lowest BCUT2D eigenvalue weighted by Crippen LogP contribution is -2.06. The van der Waals surface area contributed by atoms with Crippen LogP contribution in [0.25, 0.3) is 0 Å². The summed E-state index contributed by atoms with van der Waals surface area (Å²) in [6.45, 7) is 0.236. The lowest BCUT2D eigenvalue weighted by Gasteiger charge is -2.12. The highest BCUT2D eigenvalue weighted by Crippen LogP contribution is 2.31. The average Bonchev–Trinajstić information content (AvgIpc) is 2.69. The van der Waals surface area contributed by atoms with E-state index in [4.69, 9.17) is 14.2 Å². The summed E-state index contributed by atoms with van der Waals surface area (Å²) in [4.78, 5) is 11.7. The van der Waals surface area contributed by atoms with Gasteiger partial charge in [-0.15, -0.1) is 0 Å². The quantitative estimate of drug-likeness (QED) is 0.839. The van der Waals surface area contributed by atoms with Crippen molar-refractivity contribution in [1.82, 2.24) is 0 Å². The molecule has 2 aromatic carbocycles. The molecule has 2 rings (SSSR count). The molecule has 0 fully saturated rings. The molecule has 0 radical (unpaired) electrons. The SMILES string of the molecule is COc1cccc(COc2cccccc2=O)c1OC. The van der Waals surface area contributed by atoms with Gasteiger partial charge in [0.1, 0.15) is 6.61 Å². The van der Waals surface area contributed by atoms with E-state index in [0.717, 1.165) is 5.56 Å². The fourth-order valence-electron chi connectivity index (χ4n) is 1.86. The third kappa shape index (κ3) is 3.09. The van der Waals surface area contributed by atoms with E-state index >= 15 is 0 Å². The van der Waals surface area contributed by atoms with E-state index in [1.807, 2.05) is 18.2 Å². The zero-order valence-corrected chi connectivity index (χ0v) is 11.5. The number of benzene rings is 1. The van der Waals surface area contributed by atoms with Crippen molar-refractivity contribution in [2.45, 2.75) is 6.61 Å². The minimum absolute atomic E-state index is 0.156. The van der Waals surface area contributed by atoms with Crippen LogP contribution in [0.2, 0.25) is 0 Å². The Balaban J connectivity index is 2.24. The maximum absolute atomic E-state index is 11.7. The Kier molecular flexibility index (Phi) is 4.60. The average molecular weight is 272 g/mol. The topological polar surface area (TPSA) is 44.8 Å². The first-order valence-corrected chi connectivity index (χ1v) is 6.18. The lowest BCUT2D eigenvalue weighted by atomic mass is 10.2. The maximum atomic E-state index is 11.7. The van der Waals surface area contributed by atoms with Gasteiger partial charge in [-0.25, -0.2) is 0 Å². The van der Waals surface area contributed by atoms with Crippen molar-refractivity contribution in [3.8, 4) is 17.2 Å². The molecule has 0 N–H and O–H groups in total. The van der Waals surface area contributed by atoms with Crippen molar-refractivity contribution in [2.24, 2.45) is 0 Å². The number of ether oxygens (including phenoxy) is 3. The Morgan fingerprint density at radius 3 is 2.35 bits per heavy atom. The van der Waals surface area contributed by atoms with Crippen LogP contribution in [-0.2, 0) is 6.61 Å². The predicted octanol–water partition coefficient (Wildman–Crippen LogP) is 2.64. The highest BCUT2D eigenvalue weighted by molar-refractivity contribution is 5.46. The molecule has 0 saturated carbocycles. The first kappa shape index (κ1) is 13.9. The van der Waals surface area contributed by atoms with Crippen LogP contribution in [-0.4, -0.2) is 14.2 Å². The molecule has 0 spiro atoms. The van der Waals surface area contributed by atoms with Crippen molar-refractivity contribution in [2.75, 3.05) is 14.2 Å². The summed E-state index contributed by atoms with van der Waals surface area (Å²) in [6, 6.07) is 13.9. The van der Waals surface area contributed by atoms with Gasteiger partial charge in [0, 0.05) is 5.56 Å². The molecule has 104 valence electrons. The van der Waals surface area contributed by atoms with Gasteiger partial charge in [0.25, 0.3) is 0 Å². The number of hydrogen-bond acceptors (Lipinski definition) is 4. The third-order valence-corrected chi connectivity index (χ3v) is 2.83. The second kappa shape index (κ2) is 6.61. The van der Waals surface area contributed by atoms with Crippen LogP contribution in [0, 0.1) is 0 Å². The first-order chi connectivity index (χ1) is 9.76. The van der Waals surface area contributed by atoms with Gasteiger partial charge >= 0.3 is 0 Å². The number of para-hydroxylation sites is 1. The van der Waals surface area contributed by atoms with Crippen LogP contribution in [0.4, 0.5) is 0 Å². The normalized spacial score (nSPS) is 9.90. The molecule has 0 atom stereocenters. The van der Waals surface area contributed by atoms with E-state index < -0.39 is 0 Å². The van der Waals surface area contributed by atoms with Crippen LogP contribution in [0.5, 0.6) is 17.2 Å². The van der Waals surface area contributed by atoms with Gasteiger partial charge in [0.15, 0.2) is 17.2 Å². The molecular formula is C16H16O4. The Morgan fingerprint density at radius 2 is 1.60 bits per heavy atom. The molecule has 0 aliphatic carbocycles. The van der Waals surface area contributed by atoms with Crippen molar-refractivity contribution >= 4 is 0 Å². The van der Waals surface area contributed by atoms with E-state index in [0.29, 0.717) is 17.2 Å². The van der Waals surface area contributed by atoms with E-state index in [2.05, 4.69) is 0 Å². The van der Waals surface area contributed by atoms with Crippen LogP contribution < -0.4 is 19.6 Å². The van der Waals surface area contributed by atoms with Crippen LogP contribution in [0.3, 0.4) is 0 Å². The molecule has 20 heavy (non-hydrogen) atoms. The minimum atomic E-state index is -0.156. The molecular weight excluding hydrogens is 256 g/mol. The summed E-state index contributed by atoms with van der Waals surface area (Å²) < 4.78 is 16.1. The molecule has 0 saturated heterocycles. The van der Waals surface area contributed by atoms with Gasteiger partial charge in [-0.2, -0.15) is 0 Å². The third-order valence-electron chi connectivity index (χ3n) is 2.83. The summed E-state index contributed by atoms with van der Waals surface area (Å²) in [6.07, 6.45) is 0. The van der Waals surface area contributed by atoms with Gasteiger partial charge in [-0.05, 0) is 18.2 Å². The molecule has 0 aliphatic heterocycles. The summed E-state index contributed by atoms with van der Waals surface area (Å²) in [7, 11) is 3.15. The fraction of sp³-hybridized carbons (Fsp3) is 0.188. The zero-order valence-electron chi connectivity index (χ0n) is 11.5. The van der Waals surface area contributed by atoms with Gasteiger partial charge in [0.2, 0.25) is 5.43 Å². The van der Waals surface area contributed by atoms with Gasteiger partial charge in [-0.1, -0.05) is 30.3 Å². The van der Waals surface area contributed by atoms with Crippen LogP contribution in [0.1, 0.15) is 5.56 Å². The summed E-state index contributed by atoms with van der Waals surface area (Å²) in [5, 5.41) is 0. The van der Waals surface area contributed by atoms with E-state index in [-0.39, 0.29) is 12.0 Å². The fourth-order valence-corrected chi connectivity index (χ4v) is 1.86. The first-order valence-electron chi connectivity index (χ1n) is 6.18. The minimum Gasteiger partial charge on any atom is -0.493 e. The molecule has 4 heteroatoms. The molecule has 2 aromatic rings. The maximum Gasteiger partial charge on any atom is 0.220 e. The van der Waals surface area contributed by atoms with Crippen LogP contribution >= 0.6 is 0 Å². The predicted molar refractivity (Wildman–Crippen MR) is 76.6 cm³/mol. The molecule has 4 nitrogen and oxygen atoms in total. The molecule has 0 unspecified atom stereocenters. The molecule has 0 aliphatic rings. The summed E-state index contributed by atoms with van der Waals surface area (Å²) >= 11 is 0. The summed E-state index contributed by atoms with van der Waals surface area (Å²) in [5.41, 5.74) is 0.662. The molecule has 0 amide bonds. The Labute approximate surface area is 117 Å². The monoisotopic (exact) mass is 272 g/mol. The number of hydrogen-bond donors (Lipinski definition) is 0. The number of methoxy groups -OCH3 is 2. The summed E-state index contributed by atoms with van der Waals surface area (Å²) in [5.74, 6) is 1.55.